The van der Waals surface area contributed by atoms with Crippen molar-refractivity contribution in [2.75, 3.05) is 20.1 Å². The van der Waals surface area contributed by atoms with Crippen LogP contribution in [0.15, 0.2) is 61.1 Å². The summed E-state index contributed by atoms with van der Waals surface area (Å²) in [6.07, 6.45) is 8.34. The van der Waals surface area contributed by atoms with Crippen molar-refractivity contribution in [2.24, 2.45) is 13.0 Å². The van der Waals surface area contributed by atoms with Gasteiger partial charge < -0.3 is 9.47 Å². The molecule has 36 heavy (non-hydrogen) atoms. The quantitative estimate of drug-likeness (QED) is 0.337. The first-order valence-electron chi connectivity index (χ1n) is 12.3. The summed E-state index contributed by atoms with van der Waals surface area (Å²) in [6, 6.07) is 15.0. The van der Waals surface area contributed by atoms with Gasteiger partial charge in [0.05, 0.1) is 34.7 Å². The molecule has 1 aliphatic rings. The van der Waals surface area contributed by atoms with Crippen molar-refractivity contribution in [1.29, 1.82) is 5.26 Å². The molecule has 180 valence electrons. The number of halogens is 1. The lowest BCUT2D eigenvalue weighted by Gasteiger charge is -2.30. The lowest BCUT2D eigenvalue weighted by Crippen LogP contribution is -2.33. The van der Waals surface area contributed by atoms with Crippen LogP contribution in [0.2, 0.25) is 0 Å². The predicted octanol–water partition coefficient (Wildman–Crippen LogP) is 5.61. The van der Waals surface area contributed by atoms with Gasteiger partial charge in [0, 0.05) is 48.2 Å². The molecule has 0 aliphatic carbocycles. The first-order valence-corrected chi connectivity index (χ1v) is 12.3. The second-order valence-corrected chi connectivity index (χ2v) is 9.87. The Bertz CT molecular complexity index is 1640. The number of nitrogens with zero attached hydrogens (tertiary/aromatic N) is 6. The molecule has 1 saturated heterocycles. The van der Waals surface area contributed by atoms with E-state index < -0.39 is 5.82 Å². The first kappa shape index (κ1) is 22.4. The van der Waals surface area contributed by atoms with Crippen molar-refractivity contribution >= 4 is 21.8 Å². The highest BCUT2D eigenvalue weighted by molar-refractivity contribution is 6.02. The van der Waals surface area contributed by atoms with Crippen LogP contribution in [0.25, 0.3) is 44.2 Å². The molecule has 1 aliphatic heterocycles. The summed E-state index contributed by atoms with van der Waals surface area (Å²) in [4.78, 5) is 7.33. The fraction of sp³-hybridized carbons (Fsp3) is 0.276. The molecule has 0 bridgehead atoms. The van der Waals surface area contributed by atoms with Crippen LogP contribution in [0.1, 0.15) is 18.4 Å². The smallest absolute Gasteiger partial charge is 0.141 e. The van der Waals surface area contributed by atoms with E-state index in [1.807, 2.05) is 48.4 Å². The number of aryl methyl sites for hydroxylation is 1. The number of hydrogen-bond acceptors (Lipinski definition) is 4. The van der Waals surface area contributed by atoms with Gasteiger partial charge in [0.25, 0.3) is 0 Å². The molecule has 4 heterocycles. The summed E-state index contributed by atoms with van der Waals surface area (Å²) in [5.41, 5.74) is 5.42. The second kappa shape index (κ2) is 8.89. The van der Waals surface area contributed by atoms with E-state index in [0.717, 1.165) is 58.3 Å². The van der Waals surface area contributed by atoms with E-state index in [9.17, 15) is 9.65 Å². The Kier molecular flexibility index (Phi) is 5.54. The maximum absolute atomic E-state index is 14.8. The second-order valence-electron chi connectivity index (χ2n) is 9.87. The molecule has 7 heteroatoms. The average Bonchev–Trinajstić information content (AvgIpc) is 3.46. The Hall–Kier alpha value is -4.02. The minimum atomic E-state index is -0.523. The molecule has 5 aromatic rings. The number of pyridine rings is 1. The van der Waals surface area contributed by atoms with Crippen LogP contribution < -0.4 is 0 Å². The molecule has 1 fully saturated rings. The van der Waals surface area contributed by atoms with Crippen LogP contribution in [0.4, 0.5) is 4.39 Å². The lowest BCUT2D eigenvalue weighted by atomic mass is 9.95. The minimum Gasteiger partial charge on any atom is -0.346 e. The van der Waals surface area contributed by atoms with E-state index >= 15 is 0 Å². The molecule has 6 rings (SSSR count). The summed E-state index contributed by atoms with van der Waals surface area (Å²) in [5.74, 6) is 0.0631. The summed E-state index contributed by atoms with van der Waals surface area (Å²) >= 11 is 0. The first-order chi connectivity index (χ1) is 17.5. The Morgan fingerprint density at radius 2 is 1.92 bits per heavy atom. The Morgan fingerprint density at radius 1 is 1.06 bits per heavy atom. The maximum atomic E-state index is 14.8. The number of piperidine rings is 1. The summed E-state index contributed by atoms with van der Waals surface area (Å²) in [7, 11) is 4.11. The molecular formula is C29H27FN6. The fourth-order valence-electron chi connectivity index (χ4n) is 5.60. The van der Waals surface area contributed by atoms with Crippen LogP contribution >= 0.6 is 0 Å². The van der Waals surface area contributed by atoms with Crippen LogP contribution in [-0.2, 0) is 13.6 Å². The number of rotatable bonds is 4. The number of aromatic nitrogens is 4. The van der Waals surface area contributed by atoms with Crippen LogP contribution in [0.3, 0.4) is 0 Å². The summed E-state index contributed by atoms with van der Waals surface area (Å²) in [5, 5.41) is 15.7. The molecule has 0 radical (unpaired) electrons. The fourth-order valence-corrected chi connectivity index (χ4v) is 5.60. The third kappa shape index (κ3) is 3.84. The molecule has 0 unspecified atom stereocenters. The van der Waals surface area contributed by atoms with Crippen molar-refractivity contribution in [2.45, 2.75) is 19.4 Å². The molecule has 2 aromatic carbocycles. The zero-order valence-corrected chi connectivity index (χ0v) is 20.4. The topological polar surface area (TPSA) is 62.7 Å². The number of nitriles is 1. The molecule has 0 saturated carbocycles. The van der Waals surface area contributed by atoms with E-state index in [2.05, 4.69) is 39.9 Å². The number of fused-ring (bicyclic) bond motifs is 2. The van der Waals surface area contributed by atoms with E-state index in [1.54, 1.807) is 6.07 Å². The van der Waals surface area contributed by atoms with Gasteiger partial charge in [-0.3, -0.25) is 9.67 Å². The number of hydrogen-bond donors (Lipinski definition) is 0. The Balaban J connectivity index is 1.52. The minimum absolute atomic E-state index is 0.0382. The number of likely N-dealkylation sites (tertiary alicyclic amines) is 1. The van der Waals surface area contributed by atoms with Gasteiger partial charge in [-0.15, -0.1) is 0 Å². The van der Waals surface area contributed by atoms with E-state index in [-0.39, 0.29) is 5.56 Å². The normalized spacial score (nSPS) is 16.6. The highest BCUT2D eigenvalue weighted by atomic mass is 19.1. The maximum Gasteiger partial charge on any atom is 0.141 e. The average molecular weight is 479 g/mol. The molecular weight excluding hydrogens is 451 g/mol. The number of benzene rings is 2. The van der Waals surface area contributed by atoms with Crippen molar-refractivity contribution in [3.8, 4) is 28.5 Å². The van der Waals surface area contributed by atoms with Gasteiger partial charge in [-0.25, -0.2) is 4.39 Å². The van der Waals surface area contributed by atoms with E-state index in [4.69, 9.17) is 4.98 Å². The third-order valence-corrected chi connectivity index (χ3v) is 7.40. The SMILES string of the molecule is CN1CCC[C@@H](Cn2ccc3c(-c4ccc(C#N)c(F)c4)c(-c4ccc5c(cnn5C)c4)ncc32)C1. The Morgan fingerprint density at radius 3 is 2.72 bits per heavy atom. The van der Waals surface area contributed by atoms with Gasteiger partial charge in [0.2, 0.25) is 0 Å². The molecule has 0 N–H and O–H groups in total. The van der Waals surface area contributed by atoms with Gasteiger partial charge in [-0.05, 0) is 68.2 Å². The van der Waals surface area contributed by atoms with Gasteiger partial charge in [-0.1, -0.05) is 12.1 Å². The lowest BCUT2D eigenvalue weighted by molar-refractivity contribution is 0.195. The molecule has 6 nitrogen and oxygen atoms in total. The highest BCUT2D eigenvalue weighted by Crippen LogP contribution is 2.38. The molecule has 1 atom stereocenters. The summed E-state index contributed by atoms with van der Waals surface area (Å²) in [6.45, 7) is 3.17. The van der Waals surface area contributed by atoms with Crippen LogP contribution in [-0.4, -0.2) is 44.4 Å². The molecule has 0 spiro atoms. The summed E-state index contributed by atoms with van der Waals surface area (Å²) < 4.78 is 18.9. The third-order valence-electron chi connectivity index (χ3n) is 7.40. The van der Waals surface area contributed by atoms with E-state index in [1.165, 1.54) is 18.9 Å². The van der Waals surface area contributed by atoms with Crippen molar-refractivity contribution in [1.82, 2.24) is 24.2 Å². The van der Waals surface area contributed by atoms with Gasteiger partial charge in [0.1, 0.15) is 11.9 Å². The van der Waals surface area contributed by atoms with E-state index in [0.29, 0.717) is 11.5 Å². The van der Waals surface area contributed by atoms with Crippen LogP contribution in [0, 0.1) is 23.1 Å². The zero-order valence-electron chi connectivity index (χ0n) is 20.4. The monoisotopic (exact) mass is 478 g/mol. The Labute approximate surface area is 209 Å². The highest BCUT2D eigenvalue weighted by Gasteiger charge is 2.21. The van der Waals surface area contributed by atoms with Gasteiger partial charge >= 0.3 is 0 Å². The largest absolute Gasteiger partial charge is 0.346 e. The molecule has 3 aromatic heterocycles. The zero-order chi connectivity index (χ0) is 24.8. The predicted molar refractivity (Wildman–Crippen MR) is 140 cm³/mol. The van der Waals surface area contributed by atoms with Crippen LogP contribution in [0.5, 0.6) is 0 Å². The van der Waals surface area contributed by atoms with Crippen molar-refractivity contribution < 1.29 is 4.39 Å². The van der Waals surface area contributed by atoms with Gasteiger partial charge in [-0.2, -0.15) is 10.4 Å². The van der Waals surface area contributed by atoms with Gasteiger partial charge in [0.15, 0.2) is 0 Å². The standard InChI is InChI=1S/C29H27FN6/c1-34-10-3-4-19(17-34)18-36-11-9-24-27(36)16-32-29(21-7-8-26-23(12-21)15-33-35(26)2)28(24)20-5-6-22(14-31)25(30)13-20/h5-9,11-13,15-16,19H,3-4,10,17-18H2,1-2H3/t19-/m1/s1. The van der Waals surface area contributed by atoms with Crippen molar-refractivity contribution in [3.63, 3.8) is 0 Å². The molecule has 0 amide bonds. The van der Waals surface area contributed by atoms with Crippen molar-refractivity contribution in [3.05, 3.63) is 72.4 Å².